The first-order chi connectivity index (χ1) is 34.6. The Bertz CT molecular complexity index is 1300. The predicted octanol–water partition coefficient (Wildman–Crippen LogP) is 16.1. The minimum absolute atomic E-state index is 0.146. The van der Waals surface area contributed by atoms with Crippen LogP contribution in [0.1, 0.15) is 271 Å². The van der Waals surface area contributed by atoms with Crippen molar-refractivity contribution in [1.29, 1.82) is 0 Å². The monoisotopic (exact) mass is 1000 g/mol. The molecule has 0 radical (unpaired) electrons. The van der Waals surface area contributed by atoms with Crippen molar-refractivity contribution in [3.63, 3.8) is 0 Å². The standard InChI is InChI=1S/C62H113NO8/c1-6-8-10-12-14-16-18-20-22-24-26-28-29-30-31-33-35-37-39-41-43-45-47-49-51-53-60(65)71-58(57-70-62(61(66)67)68-55-54-63(3,4)5)56-69-59(64)52-50-48-46-44-42-40-38-36-34-32-27-25-23-21-19-17-15-13-11-9-7-2/h18,20,24-27,29-30,58,62H,6-17,19,21-23,28,31-57H2,1-5H3/b20-18-,26-24-,27-25-,30-29-. The largest absolute Gasteiger partial charge is 0.545 e. The Kier molecular flexibility index (Phi) is 51.5. The summed E-state index contributed by atoms with van der Waals surface area (Å²) in [4.78, 5) is 37.3. The second kappa shape index (κ2) is 53.5. The van der Waals surface area contributed by atoms with Gasteiger partial charge in [-0.2, -0.15) is 0 Å². The van der Waals surface area contributed by atoms with Crippen molar-refractivity contribution in [2.24, 2.45) is 0 Å². The summed E-state index contributed by atoms with van der Waals surface area (Å²) in [6.45, 7) is 4.76. The number of carbonyl (C=O) groups excluding carboxylic acids is 3. The molecule has 0 aliphatic carbocycles. The van der Waals surface area contributed by atoms with E-state index in [4.69, 9.17) is 18.9 Å². The molecular weight excluding hydrogens is 887 g/mol. The zero-order valence-electron chi connectivity index (χ0n) is 47.1. The maximum absolute atomic E-state index is 12.9. The van der Waals surface area contributed by atoms with Crippen LogP contribution in [0.4, 0.5) is 0 Å². The predicted molar refractivity (Wildman–Crippen MR) is 297 cm³/mol. The highest BCUT2D eigenvalue weighted by Gasteiger charge is 2.22. The molecule has 0 fully saturated rings. The summed E-state index contributed by atoms with van der Waals surface area (Å²) < 4.78 is 22.7. The van der Waals surface area contributed by atoms with Crippen molar-refractivity contribution >= 4 is 17.9 Å². The van der Waals surface area contributed by atoms with Gasteiger partial charge in [0, 0.05) is 12.8 Å². The molecule has 9 nitrogen and oxygen atoms in total. The van der Waals surface area contributed by atoms with E-state index in [1.54, 1.807) is 0 Å². The molecule has 0 aliphatic heterocycles. The lowest BCUT2D eigenvalue weighted by Gasteiger charge is -2.26. The van der Waals surface area contributed by atoms with Crippen LogP contribution in [-0.2, 0) is 33.3 Å². The van der Waals surface area contributed by atoms with Gasteiger partial charge in [-0.15, -0.1) is 0 Å². The Morgan fingerprint density at radius 3 is 1.14 bits per heavy atom. The third kappa shape index (κ3) is 54.9. The highest BCUT2D eigenvalue weighted by atomic mass is 16.7. The van der Waals surface area contributed by atoms with E-state index in [0.717, 1.165) is 57.8 Å². The number of hydrogen-bond acceptors (Lipinski definition) is 8. The summed E-state index contributed by atoms with van der Waals surface area (Å²) in [5.41, 5.74) is 0. The molecule has 9 heteroatoms. The van der Waals surface area contributed by atoms with E-state index in [-0.39, 0.29) is 38.6 Å². The number of carbonyl (C=O) groups is 3. The van der Waals surface area contributed by atoms with Crippen LogP contribution in [0, 0.1) is 0 Å². The van der Waals surface area contributed by atoms with Gasteiger partial charge in [-0.25, -0.2) is 0 Å². The Morgan fingerprint density at radius 2 is 0.761 bits per heavy atom. The average molecular weight is 1000 g/mol. The third-order valence-electron chi connectivity index (χ3n) is 13.0. The smallest absolute Gasteiger partial charge is 0.306 e. The van der Waals surface area contributed by atoms with Gasteiger partial charge in [0.2, 0.25) is 0 Å². The highest BCUT2D eigenvalue weighted by molar-refractivity contribution is 5.70. The lowest BCUT2D eigenvalue weighted by molar-refractivity contribution is -0.870. The number of unbranched alkanes of at least 4 members (excludes halogenated alkanes) is 32. The van der Waals surface area contributed by atoms with Crippen molar-refractivity contribution in [2.45, 2.75) is 283 Å². The van der Waals surface area contributed by atoms with Gasteiger partial charge in [-0.05, 0) is 77.0 Å². The number of carboxylic acid groups (broad SMARTS) is 1. The molecule has 0 saturated carbocycles. The molecule has 0 bridgehead atoms. The minimum Gasteiger partial charge on any atom is -0.545 e. The molecule has 0 heterocycles. The highest BCUT2D eigenvalue weighted by Crippen LogP contribution is 2.16. The van der Waals surface area contributed by atoms with Gasteiger partial charge < -0.3 is 33.3 Å². The van der Waals surface area contributed by atoms with E-state index in [1.165, 1.54) is 180 Å². The number of rotatable bonds is 55. The van der Waals surface area contributed by atoms with Crippen LogP contribution in [-0.4, -0.2) is 82.3 Å². The fourth-order valence-electron chi connectivity index (χ4n) is 8.42. The Hall–Kier alpha value is -2.75. The maximum Gasteiger partial charge on any atom is 0.306 e. The van der Waals surface area contributed by atoms with E-state index >= 15 is 0 Å². The van der Waals surface area contributed by atoms with Crippen molar-refractivity contribution in [2.75, 3.05) is 47.5 Å². The van der Waals surface area contributed by atoms with Gasteiger partial charge in [-0.1, -0.05) is 229 Å². The molecule has 0 N–H and O–H groups in total. The SMILES string of the molecule is CCCCCCC/C=C\C/C=C\C/C=C\CCCCCCCCCCCCC(=O)OC(COC(=O)CCCCCCCCCCC/C=C\CCCCCCCCCC)COC(OCC[N+](C)(C)C)C(=O)[O-]. The van der Waals surface area contributed by atoms with E-state index < -0.39 is 24.3 Å². The molecule has 0 aliphatic rings. The van der Waals surface area contributed by atoms with Crippen molar-refractivity contribution < 1.29 is 42.9 Å². The van der Waals surface area contributed by atoms with Gasteiger partial charge in [0.25, 0.3) is 0 Å². The third-order valence-corrected chi connectivity index (χ3v) is 13.0. The molecule has 0 aromatic rings. The summed E-state index contributed by atoms with van der Waals surface area (Å²) in [5.74, 6) is -2.28. The van der Waals surface area contributed by atoms with Gasteiger partial charge in [0.15, 0.2) is 12.4 Å². The van der Waals surface area contributed by atoms with E-state index in [1.807, 2.05) is 21.1 Å². The summed E-state index contributed by atoms with van der Waals surface area (Å²) in [5, 5.41) is 11.8. The molecule has 0 aromatic carbocycles. The molecule has 0 rings (SSSR count). The zero-order chi connectivity index (χ0) is 52.0. The van der Waals surface area contributed by atoms with Crippen molar-refractivity contribution in [3.05, 3.63) is 48.6 Å². The van der Waals surface area contributed by atoms with Crippen LogP contribution >= 0.6 is 0 Å². The Labute approximate surface area is 438 Å². The Balaban J connectivity index is 4.24. The number of carboxylic acids is 1. The number of quaternary nitrogens is 1. The molecule has 0 spiro atoms. The quantitative estimate of drug-likeness (QED) is 0.0195. The summed E-state index contributed by atoms with van der Waals surface area (Å²) in [6.07, 6.45) is 63.0. The zero-order valence-corrected chi connectivity index (χ0v) is 47.1. The summed E-state index contributed by atoms with van der Waals surface area (Å²) >= 11 is 0. The molecule has 2 unspecified atom stereocenters. The first kappa shape index (κ1) is 68.2. The summed E-state index contributed by atoms with van der Waals surface area (Å²) in [7, 11) is 5.92. The second-order valence-electron chi connectivity index (χ2n) is 21.3. The fraction of sp³-hybridized carbons (Fsp3) is 0.823. The van der Waals surface area contributed by atoms with E-state index in [9.17, 15) is 19.5 Å². The minimum atomic E-state index is -1.62. The fourth-order valence-corrected chi connectivity index (χ4v) is 8.42. The summed E-state index contributed by atoms with van der Waals surface area (Å²) in [6, 6.07) is 0. The van der Waals surface area contributed by atoms with Crippen LogP contribution in [0.15, 0.2) is 48.6 Å². The van der Waals surface area contributed by atoms with Gasteiger partial charge in [-0.3, -0.25) is 9.59 Å². The van der Waals surface area contributed by atoms with Crippen LogP contribution in [0.5, 0.6) is 0 Å². The van der Waals surface area contributed by atoms with Gasteiger partial charge in [0.1, 0.15) is 13.2 Å². The maximum atomic E-state index is 12.9. The number of allylic oxidation sites excluding steroid dienone is 8. The average Bonchev–Trinajstić information content (AvgIpc) is 3.34. The number of aliphatic carboxylic acids is 1. The second-order valence-corrected chi connectivity index (χ2v) is 21.3. The first-order valence-electron chi connectivity index (χ1n) is 29.8. The van der Waals surface area contributed by atoms with Crippen molar-refractivity contribution in [1.82, 2.24) is 0 Å². The molecule has 414 valence electrons. The number of nitrogens with zero attached hydrogens (tertiary/aromatic N) is 1. The van der Waals surface area contributed by atoms with Crippen LogP contribution in [0.25, 0.3) is 0 Å². The van der Waals surface area contributed by atoms with Crippen LogP contribution in [0.3, 0.4) is 0 Å². The first-order valence-corrected chi connectivity index (χ1v) is 29.8. The normalized spacial score (nSPS) is 13.1. The van der Waals surface area contributed by atoms with E-state index in [0.29, 0.717) is 17.4 Å². The molecule has 0 saturated heterocycles. The Morgan fingerprint density at radius 1 is 0.423 bits per heavy atom. The number of ether oxygens (including phenoxy) is 4. The van der Waals surface area contributed by atoms with Crippen LogP contribution in [0.2, 0.25) is 0 Å². The van der Waals surface area contributed by atoms with Gasteiger partial charge >= 0.3 is 11.9 Å². The lowest BCUT2D eigenvalue weighted by Crippen LogP contribution is -2.44. The van der Waals surface area contributed by atoms with Crippen LogP contribution < -0.4 is 5.11 Å². The topological polar surface area (TPSA) is 111 Å². The molecule has 0 amide bonds. The van der Waals surface area contributed by atoms with Crippen molar-refractivity contribution in [3.8, 4) is 0 Å². The lowest BCUT2D eigenvalue weighted by atomic mass is 10.0. The molecular formula is C62H113NO8. The molecule has 2 atom stereocenters. The molecule has 71 heavy (non-hydrogen) atoms. The number of hydrogen-bond donors (Lipinski definition) is 0. The molecule has 0 aromatic heterocycles. The number of esters is 2. The van der Waals surface area contributed by atoms with E-state index in [2.05, 4.69) is 62.5 Å². The van der Waals surface area contributed by atoms with Gasteiger partial charge in [0.05, 0.1) is 40.3 Å². The number of likely N-dealkylation sites (N-methyl/N-ethyl adjacent to an activating group) is 1.